The summed E-state index contributed by atoms with van der Waals surface area (Å²) in [5, 5.41) is 12.5. The molecule has 1 aromatic heterocycles. The van der Waals surface area contributed by atoms with E-state index in [0.717, 1.165) is 37.0 Å². The second-order valence-electron chi connectivity index (χ2n) is 6.91. The Bertz CT molecular complexity index is 739. The predicted molar refractivity (Wildman–Crippen MR) is 100 cm³/mol. The van der Waals surface area contributed by atoms with Crippen LogP contribution in [0.5, 0.6) is 0 Å². The summed E-state index contributed by atoms with van der Waals surface area (Å²) >= 11 is 1.46. The highest BCUT2D eigenvalue weighted by molar-refractivity contribution is 7.99. The molecule has 0 unspecified atom stereocenters. The number of benzene rings is 1. The smallest absolute Gasteiger partial charge is 0.230 e. The molecule has 1 atom stereocenters. The van der Waals surface area contributed by atoms with Gasteiger partial charge >= 0.3 is 0 Å². The summed E-state index contributed by atoms with van der Waals surface area (Å²) in [4.78, 5) is 12.2. The molecule has 2 fully saturated rings. The number of hydrogen-bond donors (Lipinski definition) is 1. The number of thioether (sulfide) groups is 1. The second-order valence-corrected chi connectivity index (χ2v) is 7.86. The molecule has 0 spiro atoms. The van der Waals surface area contributed by atoms with E-state index in [1.165, 1.54) is 30.2 Å². The molecule has 6 nitrogen and oxygen atoms in total. The van der Waals surface area contributed by atoms with Gasteiger partial charge in [0.15, 0.2) is 5.16 Å². The first-order valence-electron chi connectivity index (χ1n) is 9.27. The molecular weight excluding hydrogens is 348 g/mol. The molecule has 0 bridgehead atoms. The van der Waals surface area contributed by atoms with Gasteiger partial charge < -0.3 is 14.6 Å². The van der Waals surface area contributed by atoms with Crippen LogP contribution >= 0.6 is 11.8 Å². The van der Waals surface area contributed by atoms with Gasteiger partial charge in [-0.3, -0.25) is 4.79 Å². The minimum absolute atomic E-state index is 0.0210. The monoisotopic (exact) mass is 372 g/mol. The van der Waals surface area contributed by atoms with Crippen LogP contribution in [-0.2, 0) is 16.1 Å². The molecule has 2 heterocycles. The van der Waals surface area contributed by atoms with E-state index in [-0.39, 0.29) is 12.0 Å². The number of aromatic nitrogens is 3. The van der Waals surface area contributed by atoms with Crippen LogP contribution in [0.2, 0.25) is 0 Å². The normalized spacial score (nSPS) is 19.6. The lowest BCUT2D eigenvalue weighted by Crippen LogP contribution is -2.32. The number of nitrogens with one attached hydrogen (secondary N) is 1. The van der Waals surface area contributed by atoms with E-state index in [2.05, 4.69) is 32.2 Å². The zero-order valence-corrected chi connectivity index (χ0v) is 15.6. The SMILES string of the molecule is O=C(CSc1nnc(C2CC2)n1Cc1ccccc1)NC[C@@H]1CCCO1. The first kappa shape index (κ1) is 17.5. The number of hydrogen-bond acceptors (Lipinski definition) is 5. The molecule has 7 heteroatoms. The Morgan fingerprint density at radius 1 is 1.23 bits per heavy atom. The molecule has 2 aromatic rings. The number of carbonyl (C=O) groups excluding carboxylic acids is 1. The summed E-state index contributed by atoms with van der Waals surface area (Å²) in [6.45, 7) is 2.16. The maximum Gasteiger partial charge on any atom is 0.230 e. The Labute approximate surface area is 157 Å². The van der Waals surface area contributed by atoms with Crippen molar-refractivity contribution in [2.24, 2.45) is 0 Å². The van der Waals surface area contributed by atoms with E-state index < -0.39 is 0 Å². The van der Waals surface area contributed by atoms with E-state index in [9.17, 15) is 4.79 Å². The van der Waals surface area contributed by atoms with Crippen molar-refractivity contribution in [2.75, 3.05) is 18.9 Å². The largest absolute Gasteiger partial charge is 0.376 e. The fourth-order valence-corrected chi connectivity index (χ4v) is 3.95. The first-order valence-corrected chi connectivity index (χ1v) is 10.3. The van der Waals surface area contributed by atoms with Crippen LogP contribution in [0.3, 0.4) is 0 Å². The van der Waals surface area contributed by atoms with Gasteiger partial charge in [0.05, 0.1) is 18.4 Å². The third-order valence-electron chi connectivity index (χ3n) is 4.75. The molecule has 1 saturated heterocycles. The summed E-state index contributed by atoms with van der Waals surface area (Å²) in [5.41, 5.74) is 1.22. The van der Waals surface area contributed by atoms with Crippen molar-refractivity contribution in [3.8, 4) is 0 Å². The number of nitrogens with zero attached hydrogens (tertiary/aromatic N) is 3. The van der Waals surface area contributed by atoms with Crippen LogP contribution in [0.15, 0.2) is 35.5 Å². The Balaban J connectivity index is 1.37. The maximum absolute atomic E-state index is 12.2. The lowest BCUT2D eigenvalue weighted by atomic mass is 10.2. The summed E-state index contributed by atoms with van der Waals surface area (Å²) in [6.07, 6.45) is 4.65. The van der Waals surface area contributed by atoms with E-state index >= 15 is 0 Å². The molecule has 138 valence electrons. The van der Waals surface area contributed by atoms with Gasteiger partial charge in [-0.15, -0.1) is 10.2 Å². The third-order valence-corrected chi connectivity index (χ3v) is 5.72. The fraction of sp³-hybridized carbons (Fsp3) is 0.526. The fourth-order valence-electron chi connectivity index (χ4n) is 3.18. The highest BCUT2D eigenvalue weighted by Crippen LogP contribution is 2.40. The number of amides is 1. The van der Waals surface area contributed by atoms with Gasteiger partial charge in [0.25, 0.3) is 0 Å². The molecular formula is C19H24N4O2S. The molecule has 1 aliphatic heterocycles. The zero-order chi connectivity index (χ0) is 17.8. The van der Waals surface area contributed by atoms with Crippen molar-refractivity contribution in [2.45, 2.75) is 49.4 Å². The average Bonchev–Trinajstić information content (AvgIpc) is 3.22. The summed E-state index contributed by atoms with van der Waals surface area (Å²) in [5.74, 6) is 1.95. The van der Waals surface area contributed by atoms with Gasteiger partial charge in [-0.2, -0.15) is 0 Å². The summed E-state index contributed by atoms with van der Waals surface area (Å²) < 4.78 is 7.71. The van der Waals surface area contributed by atoms with Crippen LogP contribution in [-0.4, -0.2) is 45.7 Å². The van der Waals surface area contributed by atoms with E-state index in [1.807, 2.05) is 18.2 Å². The summed E-state index contributed by atoms with van der Waals surface area (Å²) in [6, 6.07) is 10.3. The van der Waals surface area contributed by atoms with E-state index in [0.29, 0.717) is 18.2 Å². The van der Waals surface area contributed by atoms with Crippen LogP contribution in [0, 0.1) is 0 Å². The van der Waals surface area contributed by atoms with E-state index in [4.69, 9.17) is 4.74 Å². The standard InChI is InChI=1S/C19H24N4O2S/c24-17(20-11-16-7-4-10-25-16)13-26-19-22-21-18(15-8-9-15)23(19)12-14-5-2-1-3-6-14/h1-3,5-6,15-16H,4,7-13H2,(H,20,24)/t16-/m0/s1. The average molecular weight is 372 g/mol. The topological polar surface area (TPSA) is 69.0 Å². The molecule has 4 rings (SSSR count). The number of rotatable bonds is 8. The maximum atomic E-state index is 12.2. The lowest BCUT2D eigenvalue weighted by Gasteiger charge is -2.11. The van der Waals surface area contributed by atoms with Crippen LogP contribution in [0.4, 0.5) is 0 Å². The highest BCUT2D eigenvalue weighted by Gasteiger charge is 2.30. The molecule has 1 aromatic carbocycles. The molecule has 0 radical (unpaired) electrons. The van der Waals surface area contributed by atoms with Crippen molar-refractivity contribution in [3.05, 3.63) is 41.7 Å². The molecule has 2 aliphatic rings. The number of ether oxygens (including phenoxy) is 1. The predicted octanol–water partition coefficient (Wildman–Crippen LogP) is 2.59. The van der Waals surface area contributed by atoms with E-state index in [1.54, 1.807) is 0 Å². The third kappa shape index (κ3) is 4.45. The van der Waals surface area contributed by atoms with Crippen LogP contribution < -0.4 is 5.32 Å². The van der Waals surface area contributed by atoms with Crippen molar-refractivity contribution >= 4 is 17.7 Å². The molecule has 1 amide bonds. The van der Waals surface area contributed by atoms with Gasteiger partial charge in [-0.25, -0.2) is 0 Å². The first-order chi connectivity index (χ1) is 12.8. The second kappa shape index (κ2) is 8.22. The van der Waals surface area contributed by atoms with Crippen LogP contribution in [0.1, 0.15) is 43.0 Å². The van der Waals surface area contributed by atoms with Gasteiger partial charge in [0, 0.05) is 19.1 Å². The number of carbonyl (C=O) groups is 1. The lowest BCUT2D eigenvalue weighted by molar-refractivity contribution is -0.119. The minimum atomic E-state index is 0.0210. The Hall–Kier alpha value is -1.86. The van der Waals surface area contributed by atoms with Gasteiger partial charge in [-0.05, 0) is 31.2 Å². The quantitative estimate of drug-likeness (QED) is 0.722. The van der Waals surface area contributed by atoms with Crippen LogP contribution in [0.25, 0.3) is 0 Å². The van der Waals surface area contributed by atoms with Crippen molar-refractivity contribution in [3.63, 3.8) is 0 Å². The zero-order valence-electron chi connectivity index (χ0n) is 14.8. The Kier molecular flexibility index (Phi) is 5.55. The highest BCUT2D eigenvalue weighted by atomic mass is 32.2. The van der Waals surface area contributed by atoms with Gasteiger partial charge in [-0.1, -0.05) is 42.1 Å². The minimum Gasteiger partial charge on any atom is -0.376 e. The Morgan fingerprint density at radius 3 is 2.81 bits per heavy atom. The molecule has 1 aliphatic carbocycles. The molecule has 26 heavy (non-hydrogen) atoms. The van der Waals surface area contributed by atoms with Crippen molar-refractivity contribution in [1.82, 2.24) is 20.1 Å². The van der Waals surface area contributed by atoms with Crippen molar-refractivity contribution in [1.29, 1.82) is 0 Å². The van der Waals surface area contributed by atoms with Gasteiger partial charge in [0.1, 0.15) is 5.82 Å². The molecule has 1 saturated carbocycles. The Morgan fingerprint density at radius 2 is 2.08 bits per heavy atom. The van der Waals surface area contributed by atoms with Gasteiger partial charge in [0.2, 0.25) is 5.91 Å². The van der Waals surface area contributed by atoms with Crippen molar-refractivity contribution < 1.29 is 9.53 Å². The summed E-state index contributed by atoms with van der Waals surface area (Å²) in [7, 11) is 0. The molecule has 1 N–H and O–H groups in total.